The molecule has 1 aliphatic heterocycles. The molecule has 1 aliphatic rings. The number of phenolic OH excluding ortho intramolecular Hbond substituents is 3. The van der Waals surface area contributed by atoms with E-state index in [1.54, 1.807) is 24.3 Å². The molecular formula is C16H12Cl2N2O5. The van der Waals surface area contributed by atoms with Crippen LogP contribution in [-0.2, 0) is 4.79 Å². The van der Waals surface area contributed by atoms with E-state index in [0.29, 0.717) is 10.6 Å². The molecule has 0 radical (unpaired) electrons. The maximum absolute atomic E-state index is 12.3. The highest BCUT2D eigenvalue weighted by Crippen LogP contribution is 2.40. The van der Waals surface area contributed by atoms with E-state index in [4.69, 9.17) is 23.2 Å². The van der Waals surface area contributed by atoms with Crippen molar-refractivity contribution in [2.75, 3.05) is 0 Å². The van der Waals surface area contributed by atoms with Gasteiger partial charge in [0.1, 0.15) is 11.4 Å². The van der Waals surface area contributed by atoms with Gasteiger partial charge in [0.2, 0.25) is 0 Å². The van der Waals surface area contributed by atoms with Crippen molar-refractivity contribution in [3.63, 3.8) is 0 Å². The van der Waals surface area contributed by atoms with E-state index in [-0.39, 0.29) is 5.56 Å². The van der Waals surface area contributed by atoms with Gasteiger partial charge in [-0.25, -0.2) is 5.01 Å². The summed E-state index contributed by atoms with van der Waals surface area (Å²) < 4.78 is 0. The van der Waals surface area contributed by atoms with E-state index < -0.39 is 40.5 Å². The van der Waals surface area contributed by atoms with Gasteiger partial charge in [-0.1, -0.05) is 29.8 Å². The Hall–Kier alpha value is -2.64. The number of alkyl halides is 1. The molecule has 0 aliphatic carbocycles. The lowest BCUT2D eigenvalue weighted by molar-refractivity contribution is -0.149. The number of hydrogen-bond donors (Lipinski definition) is 4. The Morgan fingerprint density at radius 3 is 2.32 bits per heavy atom. The van der Waals surface area contributed by atoms with E-state index >= 15 is 0 Å². The van der Waals surface area contributed by atoms with Crippen LogP contribution in [0.15, 0.2) is 36.4 Å². The summed E-state index contributed by atoms with van der Waals surface area (Å²) in [7, 11) is 0. The van der Waals surface area contributed by atoms with Gasteiger partial charge < -0.3 is 15.3 Å². The number of halogens is 2. The molecule has 0 bridgehead atoms. The summed E-state index contributed by atoms with van der Waals surface area (Å²) in [6, 6.07) is 8.02. The second-order valence-electron chi connectivity index (χ2n) is 5.38. The minimum absolute atomic E-state index is 0.156. The minimum Gasteiger partial charge on any atom is -0.504 e. The number of nitrogens with one attached hydrogen (secondary N) is 1. The van der Waals surface area contributed by atoms with Gasteiger partial charge >= 0.3 is 0 Å². The van der Waals surface area contributed by atoms with Crippen LogP contribution in [0.4, 0.5) is 0 Å². The molecule has 2 aromatic carbocycles. The highest BCUT2D eigenvalue weighted by molar-refractivity contribution is 6.35. The number of aromatic hydroxyl groups is 3. The molecule has 7 nitrogen and oxygen atoms in total. The average molecular weight is 383 g/mol. The zero-order valence-corrected chi connectivity index (χ0v) is 14.0. The Labute approximate surface area is 152 Å². The minimum atomic E-state index is -0.887. The van der Waals surface area contributed by atoms with Crippen LogP contribution in [0.3, 0.4) is 0 Å². The summed E-state index contributed by atoms with van der Waals surface area (Å²) >= 11 is 12.2. The number of rotatable bonds is 3. The van der Waals surface area contributed by atoms with E-state index in [1.165, 1.54) is 0 Å². The van der Waals surface area contributed by atoms with E-state index in [9.17, 15) is 24.9 Å². The van der Waals surface area contributed by atoms with Gasteiger partial charge in [0.05, 0.1) is 0 Å². The summed E-state index contributed by atoms with van der Waals surface area (Å²) in [5.74, 6) is -3.38. The Morgan fingerprint density at radius 1 is 1.12 bits per heavy atom. The molecule has 25 heavy (non-hydrogen) atoms. The summed E-state index contributed by atoms with van der Waals surface area (Å²) in [5, 5.41) is 28.8. The van der Waals surface area contributed by atoms with Crippen LogP contribution < -0.4 is 5.43 Å². The van der Waals surface area contributed by atoms with E-state index in [0.717, 1.165) is 17.1 Å². The van der Waals surface area contributed by atoms with Crippen molar-refractivity contribution < 1.29 is 24.9 Å². The molecule has 1 heterocycles. The SMILES string of the molecule is O=C(NN1C(=O)C(Cl)C1c1ccccc1Cl)c1cc(O)c(O)c(O)c1. The Balaban J connectivity index is 1.85. The maximum atomic E-state index is 12.3. The standard InChI is InChI=1S/C16H12Cl2N2O5/c17-9-4-2-1-3-8(9)13-12(18)16(25)20(13)19-15(24)7-5-10(21)14(23)11(22)6-7/h1-6,12-13,21-23H,(H,19,24). The molecule has 2 aromatic rings. The molecule has 0 spiro atoms. The van der Waals surface area contributed by atoms with Crippen molar-refractivity contribution in [1.29, 1.82) is 0 Å². The normalized spacial score (nSPS) is 19.4. The van der Waals surface area contributed by atoms with Crippen LogP contribution in [0, 0.1) is 0 Å². The first-order valence-corrected chi connectivity index (χ1v) is 7.90. The smallest absolute Gasteiger partial charge is 0.270 e. The van der Waals surface area contributed by atoms with E-state index in [1.807, 2.05) is 0 Å². The topological polar surface area (TPSA) is 110 Å². The van der Waals surface area contributed by atoms with Gasteiger partial charge in [-0.15, -0.1) is 11.6 Å². The molecule has 3 rings (SSSR count). The fraction of sp³-hybridized carbons (Fsp3) is 0.125. The van der Waals surface area contributed by atoms with Crippen LogP contribution in [0.1, 0.15) is 22.0 Å². The van der Waals surface area contributed by atoms with Gasteiger partial charge in [-0.05, 0) is 23.8 Å². The summed E-state index contributed by atoms with van der Waals surface area (Å²) in [5.41, 5.74) is 2.77. The molecule has 2 amide bonds. The lowest BCUT2D eigenvalue weighted by atomic mass is 9.95. The first-order chi connectivity index (χ1) is 11.8. The number of carbonyl (C=O) groups excluding carboxylic acids is 2. The number of nitrogens with zero attached hydrogens (tertiary/aromatic N) is 1. The molecule has 0 saturated carbocycles. The number of hydrazine groups is 1. The molecule has 1 fully saturated rings. The summed E-state index contributed by atoms with van der Waals surface area (Å²) in [6.07, 6.45) is 0. The predicted octanol–water partition coefficient (Wildman–Crippen LogP) is 2.29. The van der Waals surface area contributed by atoms with Crippen LogP contribution >= 0.6 is 23.2 Å². The van der Waals surface area contributed by atoms with Gasteiger partial charge in [-0.2, -0.15) is 0 Å². The number of hydrogen-bond acceptors (Lipinski definition) is 5. The monoisotopic (exact) mass is 382 g/mol. The highest BCUT2D eigenvalue weighted by Gasteiger charge is 2.49. The van der Waals surface area contributed by atoms with Crippen molar-refractivity contribution in [1.82, 2.24) is 10.4 Å². The van der Waals surface area contributed by atoms with Crippen LogP contribution in [0.2, 0.25) is 5.02 Å². The third-order valence-electron chi connectivity index (χ3n) is 3.81. The molecule has 9 heteroatoms. The third kappa shape index (κ3) is 2.92. The van der Waals surface area contributed by atoms with Crippen molar-refractivity contribution in [3.8, 4) is 17.2 Å². The largest absolute Gasteiger partial charge is 0.504 e. The van der Waals surface area contributed by atoms with Crippen LogP contribution in [0.25, 0.3) is 0 Å². The molecular weight excluding hydrogens is 371 g/mol. The first kappa shape index (κ1) is 17.2. The molecule has 2 unspecified atom stereocenters. The molecule has 0 aromatic heterocycles. The number of phenols is 3. The second kappa shape index (κ2) is 6.34. The van der Waals surface area contributed by atoms with Crippen LogP contribution in [0.5, 0.6) is 17.2 Å². The first-order valence-electron chi connectivity index (χ1n) is 7.08. The van der Waals surface area contributed by atoms with Gasteiger partial charge in [-0.3, -0.25) is 15.0 Å². The number of amides is 2. The van der Waals surface area contributed by atoms with Crippen molar-refractivity contribution in [2.24, 2.45) is 0 Å². The van der Waals surface area contributed by atoms with Gasteiger partial charge in [0.15, 0.2) is 17.2 Å². The van der Waals surface area contributed by atoms with Crippen LogP contribution in [-0.4, -0.2) is 37.5 Å². The number of benzene rings is 2. The highest BCUT2D eigenvalue weighted by atomic mass is 35.5. The Morgan fingerprint density at radius 2 is 1.72 bits per heavy atom. The quantitative estimate of drug-likeness (QED) is 0.369. The molecule has 2 atom stereocenters. The van der Waals surface area contributed by atoms with Crippen molar-refractivity contribution >= 4 is 35.0 Å². The molecule has 130 valence electrons. The third-order valence-corrected chi connectivity index (χ3v) is 4.58. The second-order valence-corrected chi connectivity index (χ2v) is 6.26. The lowest BCUT2D eigenvalue weighted by Gasteiger charge is -2.44. The van der Waals surface area contributed by atoms with E-state index in [2.05, 4.69) is 5.43 Å². The average Bonchev–Trinajstić information content (AvgIpc) is 2.59. The van der Waals surface area contributed by atoms with Gasteiger partial charge in [0, 0.05) is 10.6 Å². The predicted molar refractivity (Wildman–Crippen MR) is 89.6 cm³/mol. The van der Waals surface area contributed by atoms with Crippen molar-refractivity contribution in [2.45, 2.75) is 11.4 Å². The fourth-order valence-electron chi connectivity index (χ4n) is 2.50. The zero-order chi connectivity index (χ0) is 18.3. The summed E-state index contributed by atoms with van der Waals surface area (Å²) in [6.45, 7) is 0. The summed E-state index contributed by atoms with van der Waals surface area (Å²) in [4.78, 5) is 24.3. The lowest BCUT2D eigenvalue weighted by Crippen LogP contribution is -2.63. The maximum Gasteiger partial charge on any atom is 0.270 e. The zero-order valence-electron chi connectivity index (χ0n) is 12.5. The number of β-lactam (4-membered cyclic amide) rings is 1. The Kier molecular flexibility index (Phi) is 4.36. The Bertz CT molecular complexity index is 850. The van der Waals surface area contributed by atoms with Crippen molar-refractivity contribution in [3.05, 3.63) is 52.5 Å². The molecule has 1 saturated heterocycles. The fourth-order valence-corrected chi connectivity index (χ4v) is 3.10. The molecule has 4 N–H and O–H groups in total. The number of carbonyl (C=O) groups is 2. The van der Waals surface area contributed by atoms with Gasteiger partial charge in [0.25, 0.3) is 11.8 Å².